The van der Waals surface area contributed by atoms with E-state index in [2.05, 4.69) is 9.97 Å². The second-order valence-corrected chi connectivity index (χ2v) is 5.04. The first-order chi connectivity index (χ1) is 9.38. The van der Waals surface area contributed by atoms with Gasteiger partial charge in [0, 0.05) is 6.20 Å². The monoisotopic (exact) mass is 315 g/mol. The van der Waals surface area contributed by atoms with E-state index < -0.39 is 11.7 Å². The minimum Gasteiger partial charge on any atom is -0.249 e. The molecule has 0 amide bonds. The average Bonchev–Trinajstić information content (AvgIpc) is 2.37. The first-order valence-electron chi connectivity index (χ1n) is 5.17. The minimum atomic E-state index is -4.42. The molecule has 0 aliphatic rings. The summed E-state index contributed by atoms with van der Waals surface area (Å²) in [5, 5.41) is 9.65. The largest absolute Gasteiger partial charge is 0.417 e. The summed E-state index contributed by atoms with van der Waals surface area (Å²) >= 11 is 6.76. The number of nitriles is 1. The summed E-state index contributed by atoms with van der Waals surface area (Å²) in [5.74, 6) is 0. The Bertz CT molecular complexity index is 665. The van der Waals surface area contributed by atoms with E-state index in [1.54, 1.807) is 0 Å². The lowest BCUT2D eigenvalue weighted by atomic mass is 10.3. The van der Waals surface area contributed by atoms with Crippen molar-refractivity contribution in [2.45, 2.75) is 16.2 Å². The maximum atomic E-state index is 12.4. The van der Waals surface area contributed by atoms with Crippen molar-refractivity contribution >= 4 is 23.4 Å². The number of nitrogens with zero attached hydrogens (tertiary/aromatic N) is 3. The van der Waals surface area contributed by atoms with Crippen molar-refractivity contribution in [2.75, 3.05) is 0 Å². The van der Waals surface area contributed by atoms with Gasteiger partial charge in [-0.2, -0.15) is 18.4 Å². The lowest BCUT2D eigenvalue weighted by molar-refractivity contribution is -0.137. The third-order valence-corrected chi connectivity index (χ3v) is 3.24. The molecule has 0 aliphatic carbocycles. The third kappa shape index (κ3) is 3.62. The van der Waals surface area contributed by atoms with Gasteiger partial charge in [0.2, 0.25) is 0 Å². The van der Waals surface area contributed by atoms with Crippen LogP contribution in [0.5, 0.6) is 0 Å². The molecule has 2 aromatic rings. The van der Waals surface area contributed by atoms with Crippen LogP contribution in [0.25, 0.3) is 0 Å². The predicted octanol–water partition coefficient (Wildman–Crippen LogP) is 4.17. The lowest BCUT2D eigenvalue weighted by Crippen LogP contribution is -2.05. The van der Waals surface area contributed by atoms with Gasteiger partial charge in [0.1, 0.15) is 15.2 Å². The topological polar surface area (TPSA) is 49.6 Å². The van der Waals surface area contributed by atoms with Crippen LogP contribution in [0.1, 0.15) is 11.1 Å². The number of rotatable bonds is 2. The highest BCUT2D eigenvalue weighted by atomic mass is 35.5. The van der Waals surface area contributed by atoms with E-state index in [1.807, 2.05) is 6.07 Å². The molecule has 0 unspecified atom stereocenters. The molecule has 0 saturated heterocycles. The molecule has 2 aromatic heterocycles. The molecule has 0 fully saturated rings. The summed E-state index contributed by atoms with van der Waals surface area (Å²) in [5.41, 5.74) is -0.502. The first kappa shape index (κ1) is 14.6. The van der Waals surface area contributed by atoms with Crippen molar-refractivity contribution in [1.82, 2.24) is 9.97 Å². The summed E-state index contributed by atoms with van der Waals surface area (Å²) in [6.45, 7) is 0. The summed E-state index contributed by atoms with van der Waals surface area (Å²) < 4.78 is 37.2. The van der Waals surface area contributed by atoms with Crippen molar-refractivity contribution in [1.29, 1.82) is 5.26 Å². The van der Waals surface area contributed by atoms with Gasteiger partial charge in [-0.1, -0.05) is 23.4 Å². The van der Waals surface area contributed by atoms with Gasteiger partial charge in [-0.15, -0.1) is 0 Å². The van der Waals surface area contributed by atoms with Crippen LogP contribution in [0.3, 0.4) is 0 Å². The molecule has 102 valence electrons. The van der Waals surface area contributed by atoms with Crippen LogP contribution in [0, 0.1) is 11.3 Å². The van der Waals surface area contributed by atoms with E-state index in [0.717, 1.165) is 24.0 Å². The fourth-order valence-electron chi connectivity index (χ4n) is 1.31. The van der Waals surface area contributed by atoms with Crippen LogP contribution in [0.4, 0.5) is 13.2 Å². The van der Waals surface area contributed by atoms with E-state index in [4.69, 9.17) is 16.9 Å². The van der Waals surface area contributed by atoms with Gasteiger partial charge in [-0.25, -0.2) is 9.97 Å². The van der Waals surface area contributed by atoms with E-state index in [9.17, 15) is 13.2 Å². The summed E-state index contributed by atoms with van der Waals surface area (Å²) in [6, 6.07) is 6.97. The number of alkyl halides is 3. The maximum absolute atomic E-state index is 12.4. The minimum absolute atomic E-state index is 0.137. The Labute approximate surface area is 121 Å². The normalized spacial score (nSPS) is 11.2. The number of hydrogen-bond donors (Lipinski definition) is 0. The van der Waals surface area contributed by atoms with Crippen LogP contribution in [0.2, 0.25) is 5.15 Å². The molecule has 0 spiro atoms. The highest BCUT2D eigenvalue weighted by Gasteiger charge is 2.30. The van der Waals surface area contributed by atoms with E-state index >= 15 is 0 Å². The molecule has 0 N–H and O–H groups in total. The fourth-order valence-corrected chi connectivity index (χ4v) is 2.35. The zero-order valence-corrected chi connectivity index (χ0v) is 11.2. The van der Waals surface area contributed by atoms with Crippen LogP contribution >= 0.6 is 23.4 Å². The molecule has 0 saturated carbocycles. The number of halogens is 4. The molecule has 3 nitrogen and oxygen atoms in total. The van der Waals surface area contributed by atoms with E-state index in [1.165, 1.54) is 18.2 Å². The molecule has 0 bridgehead atoms. The standard InChI is InChI=1S/C12H5ClF3N3S/c13-9-3-7(5-17)4-11(19-9)20-10-2-1-8(6-18-10)12(14,15)16/h1-4,6H. The molecule has 20 heavy (non-hydrogen) atoms. The van der Waals surface area contributed by atoms with Gasteiger partial charge in [0.05, 0.1) is 17.2 Å². The summed E-state index contributed by atoms with van der Waals surface area (Å²) in [7, 11) is 0. The molecule has 0 radical (unpaired) electrons. The van der Waals surface area contributed by atoms with Gasteiger partial charge in [0.15, 0.2) is 0 Å². The van der Waals surface area contributed by atoms with Crippen LogP contribution < -0.4 is 0 Å². The average molecular weight is 316 g/mol. The SMILES string of the molecule is N#Cc1cc(Cl)nc(Sc2ccc(C(F)(F)F)cn2)c1. The van der Waals surface area contributed by atoms with Gasteiger partial charge < -0.3 is 0 Å². The molecule has 2 heterocycles. The Hall–Kier alpha value is -1.78. The number of hydrogen-bond acceptors (Lipinski definition) is 4. The van der Waals surface area contributed by atoms with E-state index in [0.29, 0.717) is 15.6 Å². The summed E-state index contributed by atoms with van der Waals surface area (Å²) in [4.78, 5) is 7.67. The highest BCUT2D eigenvalue weighted by molar-refractivity contribution is 7.99. The van der Waals surface area contributed by atoms with Gasteiger partial charge in [-0.3, -0.25) is 0 Å². The molecular weight excluding hydrogens is 311 g/mol. The van der Waals surface area contributed by atoms with Crippen molar-refractivity contribution in [3.8, 4) is 6.07 Å². The van der Waals surface area contributed by atoms with Gasteiger partial charge in [-0.05, 0) is 24.3 Å². The van der Waals surface area contributed by atoms with Crippen molar-refractivity contribution in [3.63, 3.8) is 0 Å². The Kier molecular flexibility index (Phi) is 4.16. The van der Waals surface area contributed by atoms with E-state index in [-0.39, 0.29) is 5.15 Å². The number of aromatic nitrogens is 2. The number of pyridine rings is 2. The Morgan fingerprint density at radius 1 is 1.20 bits per heavy atom. The second kappa shape index (κ2) is 5.69. The highest BCUT2D eigenvalue weighted by Crippen LogP contribution is 2.31. The zero-order chi connectivity index (χ0) is 14.8. The third-order valence-electron chi connectivity index (χ3n) is 2.17. The lowest BCUT2D eigenvalue weighted by Gasteiger charge is -2.06. The van der Waals surface area contributed by atoms with Crippen LogP contribution in [-0.4, -0.2) is 9.97 Å². The predicted molar refractivity (Wildman–Crippen MR) is 67.3 cm³/mol. The van der Waals surface area contributed by atoms with Gasteiger partial charge in [0.25, 0.3) is 0 Å². The fraction of sp³-hybridized carbons (Fsp3) is 0.0833. The molecule has 0 atom stereocenters. The Morgan fingerprint density at radius 3 is 2.50 bits per heavy atom. The Morgan fingerprint density at radius 2 is 1.95 bits per heavy atom. The molecule has 0 aromatic carbocycles. The zero-order valence-electron chi connectivity index (χ0n) is 9.65. The van der Waals surface area contributed by atoms with Crippen molar-refractivity contribution in [2.24, 2.45) is 0 Å². The van der Waals surface area contributed by atoms with Gasteiger partial charge >= 0.3 is 6.18 Å². The van der Waals surface area contributed by atoms with Crippen molar-refractivity contribution in [3.05, 3.63) is 46.7 Å². The smallest absolute Gasteiger partial charge is 0.249 e. The molecular formula is C12H5ClF3N3S. The summed E-state index contributed by atoms with van der Waals surface area (Å²) in [6.07, 6.45) is -3.67. The molecule has 8 heteroatoms. The van der Waals surface area contributed by atoms with Crippen LogP contribution in [0.15, 0.2) is 40.5 Å². The first-order valence-corrected chi connectivity index (χ1v) is 6.37. The molecule has 0 aliphatic heterocycles. The molecule has 2 rings (SSSR count). The van der Waals surface area contributed by atoms with Crippen LogP contribution in [-0.2, 0) is 6.18 Å². The Balaban J connectivity index is 2.23. The van der Waals surface area contributed by atoms with Crippen molar-refractivity contribution < 1.29 is 13.2 Å². The second-order valence-electron chi connectivity index (χ2n) is 3.61. The maximum Gasteiger partial charge on any atom is 0.417 e. The quantitative estimate of drug-likeness (QED) is 0.780.